The average Bonchev–Trinajstić information content (AvgIpc) is 2.13. The number of hydrogen-bond donors (Lipinski definition) is 1. The van der Waals surface area contributed by atoms with E-state index in [9.17, 15) is 14.9 Å². The number of rotatable bonds is 3. The molecule has 0 atom stereocenters. The van der Waals surface area contributed by atoms with Gasteiger partial charge in [-0.3, -0.25) is 10.1 Å². The summed E-state index contributed by atoms with van der Waals surface area (Å²) in [6.07, 6.45) is 2.04. The Kier molecular flexibility index (Phi) is 3.56. The van der Waals surface area contributed by atoms with Crippen LogP contribution in [0.3, 0.4) is 0 Å². The molecule has 0 aliphatic heterocycles. The van der Waals surface area contributed by atoms with Crippen molar-refractivity contribution in [3.05, 3.63) is 44.4 Å². The highest BCUT2D eigenvalue weighted by Gasteiger charge is 2.15. The fourth-order valence-corrected chi connectivity index (χ4v) is 1.55. The van der Waals surface area contributed by atoms with Crippen molar-refractivity contribution in [3.63, 3.8) is 0 Å². The molecule has 0 fully saturated rings. The van der Waals surface area contributed by atoms with Gasteiger partial charge in [0.25, 0.3) is 5.69 Å². The first kappa shape index (κ1) is 11.4. The molecular weight excluding hydrogens is 266 g/mol. The minimum Gasteiger partial charge on any atom is -0.478 e. The Labute approximate surface area is 93.3 Å². The van der Waals surface area contributed by atoms with Crippen molar-refractivity contribution in [2.24, 2.45) is 0 Å². The van der Waals surface area contributed by atoms with E-state index in [-0.39, 0.29) is 11.3 Å². The Bertz CT molecular complexity index is 442. The Morgan fingerprint density at radius 2 is 2.20 bits per heavy atom. The number of carbonyl (C=O) groups is 1. The number of aliphatic carboxylic acids is 1. The van der Waals surface area contributed by atoms with Crippen LogP contribution in [0.15, 0.2) is 28.7 Å². The summed E-state index contributed by atoms with van der Waals surface area (Å²) in [5.41, 5.74) is 0.103. The summed E-state index contributed by atoms with van der Waals surface area (Å²) in [6.45, 7) is 0. The van der Waals surface area contributed by atoms with Crippen LogP contribution in [0.25, 0.3) is 6.08 Å². The van der Waals surface area contributed by atoms with Crippen molar-refractivity contribution < 1.29 is 14.8 Å². The Hall–Kier alpha value is -1.69. The van der Waals surface area contributed by atoms with Crippen LogP contribution in [0.2, 0.25) is 0 Å². The van der Waals surface area contributed by atoms with Crippen LogP contribution in [0.4, 0.5) is 5.69 Å². The first-order chi connectivity index (χ1) is 7.02. The summed E-state index contributed by atoms with van der Waals surface area (Å²) >= 11 is 3.03. The van der Waals surface area contributed by atoms with Gasteiger partial charge in [0, 0.05) is 6.08 Å². The Balaban J connectivity index is 3.23. The second-order valence-corrected chi connectivity index (χ2v) is 3.46. The van der Waals surface area contributed by atoms with E-state index in [0.717, 1.165) is 6.08 Å². The normalized spacial score (nSPS) is 10.5. The fourth-order valence-electron chi connectivity index (χ4n) is 1.02. The largest absolute Gasteiger partial charge is 0.478 e. The predicted octanol–water partition coefficient (Wildman–Crippen LogP) is 2.46. The molecule has 0 aromatic heterocycles. The number of hydrogen-bond acceptors (Lipinski definition) is 3. The van der Waals surface area contributed by atoms with E-state index in [1.807, 2.05) is 0 Å². The summed E-state index contributed by atoms with van der Waals surface area (Å²) in [7, 11) is 0. The van der Waals surface area contributed by atoms with Gasteiger partial charge in [-0.1, -0.05) is 6.07 Å². The molecule has 1 aromatic carbocycles. The highest BCUT2D eigenvalue weighted by molar-refractivity contribution is 9.10. The molecular formula is C9H6BrNO4. The number of carboxylic acids is 1. The minimum absolute atomic E-state index is 0.144. The van der Waals surface area contributed by atoms with Crippen LogP contribution in [0, 0.1) is 10.1 Å². The zero-order valence-corrected chi connectivity index (χ0v) is 8.97. The van der Waals surface area contributed by atoms with E-state index in [2.05, 4.69) is 15.9 Å². The van der Waals surface area contributed by atoms with Gasteiger partial charge in [-0.2, -0.15) is 0 Å². The molecule has 0 saturated heterocycles. The SMILES string of the molecule is O=C(O)/C=C/c1cccc(Br)c1[N+](=O)[O-]. The Morgan fingerprint density at radius 3 is 2.73 bits per heavy atom. The van der Waals surface area contributed by atoms with E-state index < -0.39 is 10.9 Å². The number of halogens is 1. The van der Waals surface area contributed by atoms with Gasteiger partial charge in [0.1, 0.15) is 0 Å². The molecule has 78 valence electrons. The number of nitrogens with zero attached hydrogens (tertiary/aromatic N) is 1. The summed E-state index contributed by atoms with van der Waals surface area (Å²) in [5, 5.41) is 19.1. The van der Waals surface area contributed by atoms with E-state index in [4.69, 9.17) is 5.11 Å². The second-order valence-electron chi connectivity index (χ2n) is 2.61. The van der Waals surface area contributed by atoms with Gasteiger partial charge in [-0.25, -0.2) is 4.79 Å². The molecule has 0 aliphatic rings. The molecule has 6 heteroatoms. The smallest absolute Gasteiger partial charge is 0.328 e. The van der Waals surface area contributed by atoms with Crippen molar-refractivity contribution >= 4 is 33.7 Å². The lowest BCUT2D eigenvalue weighted by molar-refractivity contribution is -0.385. The van der Waals surface area contributed by atoms with Crippen molar-refractivity contribution in [3.8, 4) is 0 Å². The monoisotopic (exact) mass is 271 g/mol. The molecule has 1 N–H and O–H groups in total. The molecule has 15 heavy (non-hydrogen) atoms. The standard InChI is InChI=1S/C9H6BrNO4/c10-7-3-1-2-6(4-5-8(12)13)9(7)11(14)15/h1-5H,(H,12,13)/b5-4+. The first-order valence-electron chi connectivity index (χ1n) is 3.86. The summed E-state index contributed by atoms with van der Waals surface area (Å²) in [5.74, 6) is -1.15. The van der Waals surface area contributed by atoms with Crippen molar-refractivity contribution in [1.29, 1.82) is 0 Å². The quantitative estimate of drug-likeness (QED) is 0.520. The van der Waals surface area contributed by atoms with Gasteiger partial charge in [-0.15, -0.1) is 0 Å². The van der Waals surface area contributed by atoms with E-state index in [0.29, 0.717) is 4.47 Å². The van der Waals surface area contributed by atoms with E-state index >= 15 is 0 Å². The maximum Gasteiger partial charge on any atom is 0.328 e. The number of nitro benzene ring substituents is 1. The lowest BCUT2D eigenvalue weighted by Crippen LogP contribution is -1.93. The average molecular weight is 272 g/mol. The topological polar surface area (TPSA) is 80.4 Å². The van der Waals surface area contributed by atoms with Crippen LogP contribution < -0.4 is 0 Å². The molecule has 1 rings (SSSR count). The highest BCUT2D eigenvalue weighted by Crippen LogP contribution is 2.29. The molecule has 0 saturated carbocycles. The van der Waals surface area contributed by atoms with Crippen LogP contribution in [0.5, 0.6) is 0 Å². The zero-order chi connectivity index (χ0) is 11.4. The first-order valence-corrected chi connectivity index (χ1v) is 4.65. The summed E-state index contributed by atoms with van der Waals surface area (Å²) in [4.78, 5) is 20.4. The third-order valence-electron chi connectivity index (χ3n) is 1.61. The maximum atomic E-state index is 10.7. The van der Waals surface area contributed by atoms with Crippen LogP contribution >= 0.6 is 15.9 Å². The highest BCUT2D eigenvalue weighted by atomic mass is 79.9. The van der Waals surface area contributed by atoms with Crippen LogP contribution in [-0.4, -0.2) is 16.0 Å². The van der Waals surface area contributed by atoms with Crippen molar-refractivity contribution in [2.45, 2.75) is 0 Å². The third-order valence-corrected chi connectivity index (χ3v) is 2.25. The van der Waals surface area contributed by atoms with Gasteiger partial charge in [-0.05, 0) is 34.1 Å². The third kappa shape index (κ3) is 2.88. The van der Waals surface area contributed by atoms with Crippen LogP contribution in [-0.2, 0) is 4.79 Å². The molecule has 1 aromatic rings. The zero-order valence-electron chi connectivity index (χ0n) is 7.38. The molecule has 5 nitrogen and oxygen atoms in total. The predicted molar refractivity (Wildman–Crippen MR) is 57.5 cm³/mol. The number of benzene rings is 1. The lowest BCUT2D eigenvalue weighted by atomic mass is 10.1. The molecule has 0 radical (unpaired) electrons. The summed E-state index contributed by atoms with van der Waals surface area (Å²) < 4.78 is 0.319. The van der Waals surface area contributed by atoms with Gasteiger partial charge in [0.05, 0.1) is 15.0 Å². The fraction of sp³-hybridized carbons (Fsp3) is 0. The number of nitro groups is 1. The molecule has 0 bridgehead atoms. The van der Waals surface area contributed by atoms with E-state index in [1.165, 1.54) is 18.2 Å². The van der Waals surface area contributed by atoms with Gasteiger partial charge < -0.3 is 5.11 Å². The molecule has 0 unspecified atom stereocenters. The lowest BCUT2D eigenvalue weighted by Gasteiger charge is -1.98. The molecule has 0 spiro atoms. The van der Waals surface area contributed by atoms with E-state index in [1.54, 1.807) is 6.07 Å². The number of carboxylic acid groups (broad SMARTS) is 1. The Morgan fingerprint density at radius 1 is 1.53 bits per heavy atom. The van der Waals surface area contributed by atoms with Crippen molar-refractivity contribution in [2.75, 3.05) is 0 Å². The number of para-hydroxylation sites is 1. The van der Waals surface area contributed by atoms with Crippen molar-refractivity contribution in [1.82, 2.24) is 0 Å². The minimum atomic E-state index is -1.15. The van der Waals surface area contributed by atoms with Gasteiger partial charge >= 0.3 is 5.97 Å². The molecule has 0 heterocycles. The second kappa shape index (κ2) is 4.70. The summed E-state index contributed by atoms with van der Waals surface area (Å²) in [6, 6.07) is 4.59. The van der Waals surface area contributed by atoms with Gasteiger partial charge in [0.15, 0.2) is 0 Å². The molecule has 0 amide bonds. The maximum absolute atomic E-state index is 10.7. The molecule has 0 aliphatic carbocycles. The van der Waals surface area contributed by atoms with Gasteiger partial charge in [0.2, 0.25) is 0 Å². The van der Waals surface area contributed by atoms with Crippen LogP contribution in [0.1, 0.15) is 5.56 Å².